The van der Waals surface area contributed by atoms with E-state index in [4.69, 9.17) is 4.74 Å². The van der Waals surface area contributed by atoms with E-state index in [0.717, 1.165) is 51.1 Å². The van der Waals surface area contributed by atoms with Crippen LogP contribution in [0, 0.1) is 5.92 Å². The van der Waals surface area contributed by atoms with Crippen molar-refractivity contribution in [1.29, 1.82) is 0 Å². The Morgan fingerprint density at radius 2 is 2.35 bits per heavy atom. The van der Waals surface area contributed by atoms with Crippen LogP contribution in [0.5, 0.6) is 0 Å². The topological polar surface area (TPSA) is 47.4 Å². The number of ether oxygens (including phenoxy) is 1. The zero-order valence-electron chi connectivity index (χ0n) is 12.8. The molecule has 0 saturated carbocycles. The first kappa shape index (κ1) is 15.0. The van der Waals surface area contributed by atoms with Gasteiger partial charge in [0, 0.05) is 27.2 Å². The molecule has 2 heterocycles. The number of carbonyl (C=O) groups excluding carboxylic acids is 1. The SMILES string of the molecule is CCCc1cc(C(=O)N2CCCC(COC)C2)n(C)n1. The third-order valence-electron chi connectivity index (χ3n) is 3.86. The largest absolute Gasteiger partial charge is 0.384 e. The maximum Gasteiger partial charge on any atom is 0.272 e. The molecule has 0 N–H and O–H groups in total. The molecule has 2 rings (SSSR count). The van der Waals surface area contributed by atoms with Gasteiger partial charge in [-0.1, -0.05) is 13.3 Å². The van der Waals surface area contributed by atoms with Crippen molar-refractivity contribution < 1.29 is 9.53 Å². The summed E-state index contributed by atoms with van der Waals surface area (Å²) in [5.74, 6) is 0.559. The van der Waals surface area contributed by atoms with Gasteiger partial charge in [-0.05, 0) is 31.2 Å². The van der Waals surface area contributed by atoms with Crippen molar-refractivity contribution in [1.82, 2.24) is 14.7 Å². The van der Waals surface area contributed by atoms with Gasteiger partial charge in [0.1, 0.15) is 5.69 Å². The third kappa shape index (κ3) is 3.39. The lowest BCUT2D eigenvalue weighted by molar-refractivity contribution is 0.0561. The highest BCUT2D eigenvalue weighted by atomic mass is 16.5. The van der Waals surface area contributed by atoms with E-state index in [1.54, 1.807) is 11.8 Å². The van der Waals surface area contributed by atoms with Gasteiger partial charge >= 0.3 is 0 Å². The molecule has 0 aromatic carbocycles. The summed E-state index contributed by atoms with van der Waals surface area (Å²) in [6.45, 7) is 4.49. The summed E-state index contributed by atoms with van der Waals surface area (Å²) in [4.78, 5) is 14.6. The van der Waals surface area contributed by atoms with Crippen LogP contribution >= 0.6 is 0 Å². The number of piperidine rings is 1. The molecule has 5 nitrogen and oxygen atoms in total. The summed E-state index contributed by atoms with van der Waals surface area (Å²) in [5, 5.41) is 4.42. The minimum atomic E-state index is 0.100. The molecule has 5 heteroatoms. The van der Waals surface area contributed by atoms with Crippen LogP contribution in [-0.2, 0) is 18.2 Å². The first-order valence-corrected chi connectivity index (χ1v) is 7.46. The van der Waals surface area contributed by atoms with Crippen LogP contribution in [0.4, 0.5) is 0 Å². The van der Waals surface area contributed by atoms with Gasteiger partial charge in [0.05, 0.1) is 12.3 Å². The zero-order valence-corrected chi connectivity index (χ0v) is 12.8. The van der Waals surface area contributed by atoms with E-state index < -0.39 is 0 Å². The van der Waals surface area contributed by atoms with E-state index in [1.807, 2.05) is 18.0 Å². The van der Waals surface area contributed by atoms with Crippen LogP contribution in [-0.4, -0.2) is 47.4 Å². The number of nitrogens with zero attached hydrogens (tertiary/aromatic N) is 3. The third-order valence-corrected chi connectivity index (χ3v) is 3.86. The van der Waals surface area contributed by atoms with Gasteiger partial charge < -0.3 is 9.64 Å². The Hall–Kier alpha value is -1.36. The summed E-state index contributed by atoms with van der Waals surface area (Å²) < 4.78 is 6.93. The summed E-state index contributed by atoms with van der Waals surface area (Å²) in [5.41, 5.74) is 1.70. The molecule has 1 aliphatic rings. The predicted molar refractivity (Wildman–Crippen MR) is 77.7 cm³/mol. The minimum absolute atomic E-state index is 0.100. The Morgan fingerprint density at radius 1 is 1.55 bits per heavy atom. The fourth-order valence-electron chi connectivity index (χ4n) is 2.89. The van der Waals surface area contributed by atoms with Crippen molar-refractivity contribution in [3.8, 4) is 0 Å². The van der Waals surface area contributed by atoms with Crippen molar-refractivity contribution in [3.05, 3.63) is 17.5 Å². The fourth-order valence-corrected chi connectivity index (χ4v) is 2.89. The average molecular weight is 279 g/mol. The molecule has 0 spiro atoms. The normalized spacial score (nSPS) is 19.4. The number of likely N-dealkylation sites (tertiary alicyclic amines) is 1. The quantitative estimate of drug-likeness (QED) is 0.826. The molecular weight excluding hydrogens is 254 g/mol. The zero-order chi connectivity index (χ0) is 14.5. The van der Waals surface area contributed by atoms with Gasteiger partial charge in [-0.25, -0.2) is 0 Å². The first-order chi connectivity index (χ1) is 9.65. The molecule has 1 aliphatic heterocycles. The Kier molecular flexibility index (Phi) is 5.17. The Bertz CT molecular complexity index is 454. The van der Waals surface area contributed by atoms with E-state index in [0.29, 0.717) is 11.6 Å². The summed E-state index contributed by atoms with van der Waals surface area (Å²) >= 11 is 0. The summed E-state index contributed by atoms with van der Waals surface area (Å²) in [6, 6.07) is 1.94. The monoisotopic (exact) mass is 279 g/mol. The lowest BCUT2D eigenvalue weighted by atomic mass is 9.98. The van der Waals surface area contributed by atoms with E-state index in [1.165, 1.54) is 0 Å². The minimum Gasteiger partial charge on any atom is -0.384 e. The maximum absolute atomic E-state index is 12.6. The molecule has 1 saturated heterocycles. The molecular formula is C15H25N3O2. The van der Waals surface area contributed by atoms with Crippen molar-refractivity contribution in [2.45, 2.75) is 32.6 Å². The number of amides is 1. The molecule has 1 unspecified atom stereocenters. The van der Waals surface area contributed by atoms with Gasteiger partial charge in [-0.3, -0.25) is 9.48 Å². The molecule has 20 heavy (non-hydrogen) atoms. The van der Waals surface area contributed by atoms with Gasteiger partial charge in [-0.2, -0.15) is 5.10 Å². The molecule has 1 atom stereocenters. The van der Waals surface area contributed by atoms with Gasteiger partial charge in [-0.15, -0.1) is 0 Å². The van der Waals surface area contributed by atoms with Crippen LogP contribution in [0.25, 0.3) is 0 Å². The second-order valence-corrected chi connectivity index (χ2v) is 5.61. The van der Waals surface area contributed by atoms with Crippen LogP contribution < -0.4 is 0 Å². The highest BCUT2D eigenvalue weighted by Gasteiger charge is 2.26. The molecule has 1 aromatic heterocycles. The predicted octanol–water partition coefficient (Wildman–Crippen LogP) is 1.87. The summed E-state index contributed by atoms with van der Waals surface area (Å²) in [6.07, 6.45) is 4.17. The molecule has 1 amide bonds. The lowest BCUT2D eigenvalue weighted by Gasteiger charge is -2.32. The summed E-state index contributed by atoms with van der Waals surface area (Å²) in [7, 11) is 3.57. The average Bonchev–Trinajstić information content (AvgIpc) is 2.80. The van der Waals surface area contributed by atoms with Gasteiger partial charge in [0.25, 0.3) is 5.91 Å². The van der Waals surface area contributed by atoms with Crippen molar-refractivity contribution in [2.24, 2.45) is 13.0 Å². The number of aromatic nitrogens is 2. The smallest absolute Gasteiger partial charge is 0.272 e. The highest BCUT2D eigenvalue weighted by Crippen LogP contribution is 2.19. The molecule has 0 radical (unpaired) electrons. The lowest BCUT2D eigenvalue weighted by Crippen LogP contribution is -2.41. The second kappa shape index (κ2) is 6.88. The molecule has 0 bridgehead atoms. The molecule has 112 valence electrons. The van der Waals surface area contributed by atoms with E-state index in [2.05, 4.69) is 12.0 Å². The number of hydrogen-bond donors (Lipinski definition) is 0. The molecule has 0 aliphatic carbocycles. The van der Waals surface area contributed by atoms with Crippen molar-refractivity contribution >= 4 is 5.91 Å². The highest BCUT2D eigenvalue weighted by molar-refractivity contribution is 5.92. The molecule has 1 aromatic rings. The Morgan fingerprint density at radius 3 is 3.05 bits per heavy atom. The standard InChI is InChI=1S/C15H25N3O2/c1-4-6-13-9-14(17(2)16-13)15(19)18-8-5-7-12(10-18)11-20-3/h9,12H,4-8,10-11H2,1-3H3. The Balaban J connectivity index is 2.06. The van der Waals surface area contributed by atoms with Crippen molar-refractivity contribution in [3.63, 3.8) is 0 Å². The van der Waals surface area contributed by atoms with Crippen LogP contribution in [0.1, 0.15) is 42.4 Å². The van der Waals surface area contributed by atoms with Gasteiger partial charge in [0.2, 0.25) is 0 Å². The van der Waals surface area contributed by atoms with E-state index >= 15 is 0 Å². The number of rotatable bonds is 5. The first-order valence-electron chi connectivity index (χ1n) is 7.46. The van der Waals surface area contributed by atoms with E-state index in [-0.39, 0.29) is 5.91 Å². The number of hydrogen-bond acceptors (Lipinski definition) is 3. The maximum atomic E-state index is 12.6. The molecule has 1 fully saturated rings. The van der Waals surface area contributed by atoms with Crippen LogP contribution in [0.3, 0.4) is 0 Å². The number of aryl methyl sites for hydroxylation is 2. The number of methoxy groups -OCH3 is 1. The van der Waals surface area contributed by atoms with Gasteiger partial charge in [0.15, 0.2) is 0 Å². The second-order valence-electron chi connectivity index (χ2n) is 5.61. The number of carbonyl (C=O) groups is 1. The fraction of sp³-hybridized carbons (Fsp3) is 0.733. The Labute approximate surface area is 120 Å². The van der Waals surface area contributed by atoms with Crippen LogP contribution in [0.2, 0.25) is 0 Å². The van der Waals surface area contributed by atoms with Crippen molar-refractivity contribution in [2.75, 3.05) is 26.8 Å². The van der Waals surface area contributed by atoms with E-state index in [9.17, 15) is 4.79 Å². The van der Waals surface area contributed by atoms with Crippen LogP contribution in [0.15, 0.2) is 6.07 Å².